The van der Waals surface area contributed by atoms with Crippen LogP contribution in [0.4, 0.5) is 0 Å². The number of nitrogens with one attached hydrogen (secondary N) is 1. The third-order valence-electron chi connectivity index (χ3n) is 2.92. The van der Waals surface area contributed by atoms with Gasteiger partial charge in [0.1, 0.15) is 5.69 Å². The van der Waals surface area contributed by atoms with Crippen molar-refractivity contribution in [2.24, 2.45) is 11.5 Å². The van der Waals surface area contributed by atoms with Crippen molar-refractivity contribution in [2.45, 2.75) is 13.1 Å². The average Bonchev–Trinajstić information content (AvgIpc) is 2.94. The zero-order chi connectivity index (χ0) is 15.2. The Morgan fingerprint density at radius 1 is 1.33 bits per heavy atom. The molecule has 0 radical (unpaired) electrons. The van der Waals surface area contributed by atoms with Gasteiger partial charge in [0.25, 0.3) is 5.91 Å². The minimum absolute atomic E-state index is 0.282. The minimum Gasteiger partial charge on any atom is -0.366 e. The summed E-state index contributed by atoms with van der Waals surface area (Å²) in [6, 6.07) is 6.80. The lowest BCUT2D eigenvalue weighted by molar-refractivity contribution is 0.0945. The van der Waals surface area contributed by atoms with Gasteiger partial charge in [0.05, 0.1) is 6.33 Å². The first-order valence-electron chi connectivity index (χ1n) is 6.49. The first-order chi connectivity index (χ1) is 10.1. The largest absolute Gasteiger partial charge is 0.366 e. The second-order valence-electron chi connectivity index (χ2n) is 4.53. The molecule has 0 unspecified atom stereocenters. The van der Waals surface area contributed by atoms with Gasteiger partial charge in [-0.2, -0.15) is 0 Å². The molecular weight excluding hydrogens is 270 g/mol. The first kappa shape index (κ1) is 14.7. The Labute approximate surface area is 122 Å². The number of nitrogens with zero attached hydrogens (tertiary/aromatic N) is 2. The molecule has 0 aliphatic rings. The molecular formula is C14H17N5O2. The molecule has 7 heteroatoms. The molecule has 0 bridgehead atoms. The Kier molecular flexibility index (Phi) is 4.68. The fraction of sp³-hybridized carbons (Fsp3) is 0.214. The number of carbonyl (C=O) groups is 2. The molecule has 0 aliphatic carbocycles. The normalized spacial score (nSPS) is 10.3. The summed E-state index contributed by atoms with van der Waals surface area (Å²) in [6.07, 6.45) is 3.21. The van der Waals surface area contributed by atoms with Gasteiger partial charge in [0, 0.05) is 31.4 Å². The van der Waals surface area contributed by atoms with E-state index in [1.54, 1.807) is 41.4 Å². The van der Waals surface area contributed by atoms with E-state index in [0.717, 1.165) is 5.56 Å². The van der Waals surface area contributed by atoms with Crippen LogP contribution in [0.2, 0.25) is 0 Å². The van der Waals surface area contributed by atoms with Gasteiger partial charge in [-0.05, 0) is 17.7 Å². The molecule has 1 aromatic heterocycles. The predicted molar refractivity (Wildman–Crippen MR) is 77.4 cm³/mol. The van der Waals surface area contributed by atoms with Gasteiger partial charge in [0.15, 0.2) is 0 Å². The molecule has 0 fully saturated rings. The molecule has 7 nitrogen and oxygen atoms in total. The second-order valence-corrected chi connectivity index (χ2v) is 4.53. The number of hydrogen-bond donors (Lipinski definition) is 3. The Bertz CT molecular complexity index is 650. The van der Waals surface area contributed by atoms with Crippen LogP contribution in [0.1, 0.15) is 26.4 Å². The number of imidazole rings is 1. The maximum absolute atomic E-state index is 11.9. The van der Waals surface area contributed by atoms with E-state index in [1.807, 2.05) is 0 Å². The smallest absolute Gasteiger partial charge is 0.271 e. The lowest BCUT2D eigenvalue weighted by Gasteiger charge is -2.05. The van der Waals surface area contributed by atoms with E-state index in [1.165, 1.54) is 0 Å². The van der Waals surface area contributed by atoms with Crippen molar-refractivity contribution in [2.75, 3.05) is 6.54 Å². The third-order valence-corrected chi connectivity index (χ3v) is 2.92. The van der Waals surface area contributed by atoms with E-state index in [2.05, 4.69) is 10.3 Å². The highest BCUT2D eigenvalue weighted by molar-refractivity contribution is 5.93. The van der Waals surface area contributed by atoms with Crippen LogP contribution in [-0.4, -0.2) is 27.9 Å². The zero-order valence-electron chi connectivity index (χ0n) is 11.5. The van der Waals surface area contributed by atoms with Crippen molar-refractivity contribution in [1.82, 2.24) is 14.9 Å². The van der Waals surface area contributed by atoms with Crippen molar-refractivity contribution in [1.29, 1.82) is 0 Å². The van der Waals surface area contributed by atoms with Gasteiger partial charge in [-0.3, -0.25) is 9.59 Å². The molecule has 0 saturated heterocycles. The molecule has 1 aromatic carbocycles. The molecule has 0 saturated carbocycles. The van der Waals surface area contributed by atoms with Crippen molar-refractivity contribution < 1.29 is 9.59 Å². The topological polar surface area (TPSA) is 116 Å². The first-order valence-corrected chi connectivity index (χ1v) is 6.49. The van der Waals surface area contributed by atoms with Crippen LogP contribution in [0, 0.1) is 0 Å². The summed E-state index contributed by atoms with van der Waals surface area (Å²) in [7, 11) is 0. The summed E-state index contributed by atoms with van der Waals surface area (Å²) in [5, 5.41) is 2.74. The van der Waals surface area contributed by atoms with Crippen LogP contribution in [0.15, 0.2) is 36.8 Å². The molecule has 0 aliphatic heterocycles. The number of primary amides is 1. The van der Waals surface area contributed by atoms with E-state index in [9.17, 15) is 9.59 Å². The Hall–Kier alpha value is -2.67. The third kappa shape index (κ3) is 3.90. The lowest BCUT2D eigenvalue weighted by Crippen LogP contribution is -2.23. The summed E-state index contributed by atoms with van der Waals surface area (Å²) in [6.45, 7) is 1.39. The number of rotatable bonds is 6. The monoisotopic (exact) mass is 287 g/mol. The highest BCUT2D eigenvalue weighted by Gasteiger charge is 2.09. The number of hydrogen-bond acceptors (Lipinski definition) is 4. The van der Waals surface area contributed by atoms with E-state index in [0.29, 0.717) is 30.9 Å². The van der Waals surface area contributed by atoms with E-state index in [-0.39, 0.29) is 5.91 Å². The quantitative estimate of drug-likeness (QED) is 0.686. The average molecular weight is 287 g/mol. The maximum atomic E-state index is 11.9. The number of carbonyl (C=O) groups excluding carboxylic acids is 2. The van der Waals surface area contributed by atoms with Crippen LogP contribution in [-0.2, 0) is 13.1 Å². The standard InChI is InChI=1S/C14H17N5O2/c15-4-5-19-8-12(18-9-19)14(21)17-7-10-2-1-3-11(6-10)13(16)20/h1-3,6,8-9H,4-5,7,15H2,(H2,16,20)(H,17,21). The summed E-state index contributed by atoms with van der Waals surface area (Å²) in [4.78, 5) is 27.0. The van der Waals surface area contributed by atoms with Gasteiger partial charge in [-0.1, -0.05) is 12.1 Å². The van der Waals surface area contributed by atoms with Crippen LogP contribution < -0.4 is 16.8 Å². The predicted octanol–water partition coefficient (Wildman–Crippen LogP) is -0.129. The van der Waals surface area contributed by atoms with Crippen LogP contribution >= 0.6 is 0 Å². The molecule has 21 heavy (non-hydrogen) atoms. The van der Waals surface area contributed by atoms with Crippen molar-refractivity contribution in [3.8, 4) is 0 Å². The Morgan fingerprint density at radius 2 is 2.14 bits per heavy atom. The van der Waals surface area contributed by atoms with E-state index < -0.39 is 5.91 Å². The van der Waals surface area contributed by atoms with Gasteiger partial charge in [-0.15, -0.1) is 0 Å². The lowest BCUT2D eigenvalue weighted by atomic mass is 10.1. The number of amides is 2. The van der Waals surface area contributed by atoms with E-state index in [4.69, 9.17) is 11.5 Å². The van der Waals surface area contributed by atoms with E-state index >= 15 is 0 Å². The summed E-state index contributed by atoms with van der Waals surface area (Å²) < 4.78 is 1.75. The van der Waals surface area contributed by atoms with Crippen LogP contribution in [0.5, 0.6) is 0 Å². The highest BCUT2D eigenvalue weighted by atomic mass is 16.2. The molecule has 2 aromatic rings. The number of aromatic nitrogens is 2. The van der Waals surface area contributed by atoms with Gasteiger partial charge in [0.2, 0.25) is 5.91 Å². The fourth-order valence-electron chi connectivity index (χ4n) is 1.86. The molecule has 5 N–H and O–H groups in total. The highest BCUT2D eigenvalue weighted by Crippen LogP contribution is 2.05. The van der Waals surface area contributed by atoms with Crippen LogP contribution in [0.25, 0.3) is 0 Å². The maximum Gasteiger partial charge on any atom is 0.271 e. The van der Waals surface area contributed by atoms with Gasteiger partial charge < -0.3 is 21.4 Å². The Balaban J connectivity index is 1.97. The summed E-state index contributed by atoms with van der Waals surface area (Å²) in [5.41, 5.74) is 12.2. The van der Waals surface area contributed by atoms with Crippen molar-refractivity contribution in [3.05, 3.63) is 53.6 Å². The Morgan fingerprint density at radius 3 is 2.86 bits per heavy atom. The summed E-state index contributed by atoms with van der Waals surface area (Å²) >= 11 is 0. The number of benzene rings is 1. The number of nitrogens with two attached hydrogens (primary N) is 2. The molecule has 1 heterocycles. The minimum atomic E-state index is -0.497. The molecule has 110 valence electrons. The second kappa shape index (κ2) is 6.67. The fourth-order valence-corrected chi connectivity index (χ4v) is 1.86. The molecule has 0 spiro atoms. The van der Waals surface area contributed by atoms with Crippen molar-refractivity contribution >= 4 is 11.8 Å². The zero-order valence-corrected chi connectivity index (χ0v) is 11.5. The molecule has 2 amide bonds. The van der Waals surface area contributed by atoms with Crippen molar-refractivity contribution in [3.63, 3.8) is 0 Å². The summed E-state index contributed by atoms with van der Waals surface area (Å²) in [5.74, 6) is -0.779. The molecule has 2 rings (SSSR count). The molecule has 0 atom stereocenters. The van der Waals surface area contributed by atoms with Crippen LogP contribution in [0.3, 0.4) is 0 Å². The SMILES string of the molecule is NCCn1cnc(C(=O)NCc2cccc(C(N)=O)c2)c1. The van der Waals surface area contributed by atoms with Gasteiger partial charge >= 0.3 is 0 Å². The van der Waals surface area contributed by atoms with Gasteiger partial charge in [-0.25, -0.2) is 4.98 Å².